The molecule has 7 heteroatoms. The lowest BCUT2D eigenvalue weighted by molar-refractivity contribution is -0.118. The molecule has 1 fully saturated rings. The van der Waals surface area contributed by atoms with E-state index in [1.807, 2.05) is 66.7 Å². The zero-order chi connectivity index (χ0) is 23.9. The van der Waals surface area contributed by atoms with Crippen molar-refractivity contribution in [2.75, 3.05) is 31.5 Å². The zero-order valence-corrected chi connectivity index (χ0v) is 19.2. The van der Waals surface area contributed by atoms with Gasteiger partial charge in [-0.05, 0) is 61.0 Å². The molecule has 0 bridgehead atoms. The number of hydrogen-bond acceptors (Lipinski definition) is 5. The minimum atomic E-state index is -0.914. The second-order valence-corrected chi connectivity index (χ2v) is 8.54. The van der Waals surface area contributed by atoms with Crippen molar-refractivity contribution < 1.29 is 19.4 Å². The first-order valence-electron chi connectivity index (χ1n) is 11.4. The van der Waals surface area contributed by atoms with E-state index in [9.17, 15) is 9.59 Å². The molecule has 7 nitrogen and oxygen atoms in total. The van der Waals surface area contributed by atoms with Gasteiger partial charge < -0.3 is 15.2 Å². The average molecular weight is 460 g/mol. The topological polar surface area (TPSA) is 82.1 Å². The third-order valence-electron chi connectivity index (χ3n) is 5.92. The lowest BCUT2D eigenvalue weighted by atomic mass is 10.1. The monoisotopic (exact) mass is 459 g/mol. The van der Waals surface area contributed by atoms with Gasteiger partial charge in [-0.2, -0.15) is 0 Å². The number of benzene rings is 3. The van der Waals surface area contributed by atoms with Gasteiger partial charge in [0.25, 0.3) is 0 Å². The van der Waals surface area contributed by atoms with Crippen LogP contribution in [-0.2, 0) is 11.3 Å². The summed E-state index contributed by atoms with van der Waals surface area (Å²) in [6.45, 7) is 5.70. The SMILES string of the molecule is CC1CN(CC(=O)Nc2ccc(Oc3ccccc3)cc2)CCN1Cc1ccc(C(=O)O)cc1. The van der Waals surface area contributed by atoms with Crippen LogP contribution in [-0.4, -0.2) is 59.0 Å². The number of carboxylic acid groups (broad SMARTS) is 1. The lowest BCUT2D eigenvalue weighted by Crippen LogP contribution is -2.52. The number of carbonyl (C=O) groups is 2. The van der Waals surface area contributed by atoms with Crippen molar-refractivity contribution >= 4 is 17.6 Å². The minimum absolute atomic E-state index is 0.0402. The van der Waals surface area contributed by atoms with Gasteiger partial charge >= 0.3 is 5.97 Å². The number of carboxylic acids is 1. The van der Waals surface area contributed by atoms with E-state index in [0.717, 1.165) is 43.2 Å². The molecule has 4 rings (SSSR count). The van der Waals surface area contributed by atoms with E-state index in [1.54, 1.807) is 12.1 Å². The Bertz CT molecular complexity index is 1100. The van der Waals surface area contributed by atoms with Crippen molar-refractivity contribution in [3.8, 4) is 11.5 Å². The number of rotatable bonds is 8. The van der Waals surface area contributed by atoms with Crippen LogP contribution in [0.4, 0.5) is 5.69 Å². The summed E-state index contributed by atoms with van der Waals surface area (Å²) in [7, 11) is 0. The fourth-order valence-corrected chi connectivity index (χ4v) is 4.07. The average Bonchev–Trinajstić information content (AvgIpc) is 2.83. The molecule has 176 valence electrons. The molecule has 1 saturated heterocycles. The van der Waals surface area contributed by atoms with E-state index in [4.69, 9.17) is 9.84 Å². The molecule has 2 N–H and O–H groups in total. The van der Waals surface area contributed by atoms with Crippen LogP contribution >= 0.6 is 0 Å². The molecular formula is C27H29N3O4. The van der Waals surface area contributed by atoms with E-state index in [-0.39, 0.29) is 11.9 Å². The summed E-state index contributed by atoms with van der Waals surface area (Å²) >= 11 is 0. The predicted octanol–water partition coefficient (Wildman–Crippen LogP) is 4.32. The summed E-state index contributed by atoms with van der Waals surface area (Å²) in [4.78, 5) is 28.1. The summed E-state index contributed by atoms with van der Waals surface area (Å²) in [5, 5.41) is 12.0. The van der Waals surface area contributed by atoms with Crippen LogP contribution in [0, 0.1) is 0 Å². The Balaban J connectivity index is 1.23. The molecule has 3 aromatic carbocycles. The smallest absolute Gasteiger partial charge is 0.335 e. The second-order valence-electron chi connectivity index (χ2n) is 8.54. The molecule has 0 saturated carbocycles. The molecule has 1 aliphatic rings. The number of carbonyl (C=O) groups excluding carboxylic acids is 1. The quantitative estimate of drug-likeness (QED) is 0.522. The first-order valence-corrected chi connectivity index (χ1v) is 11.4. The summed E-state index contributed by atoms with van der Waals surface area (Å²) < 4.78 is 5.79. The summed E-state index contributed by atoms with van der Waals surface area (Å²) in [5.41, 5.74) is 2.12. The Kier molecular flexibility index (Phi) is 7.57. The first kappa shape index (κ1) is 23.5. The van der Waals surface area contributed by atoms with Gasteiger partial charge in [-0.25, -0.2) is 4.79 Å². The van der Waals surface area contributed by atoms with Gasteiger partial charge in [-0.3, -0.25) is 14.6 Å². The van der Waals surface area contributed by atoms with E-state index in [2.05, 4.69) is 22.0 Å². The summed E-state index contributed by atoms with van der Waals surface area (Å²) in [6, 6.07) is 24.2. The number of nitrogens with one attached hydrogen (secondary N) is 1. The zero-order valence-electron chi connectivity index (χ0n) is 19.2. The molecule has 1 atom stereocenters. The predicted molar refractivity (Wildman–Crippen MR) is 131 cm³/mol. The van der Waals surface area contributed by atoms with Crippen LogP contribution in [0.3, 0.4) is 0 Å². The van der Waals surface area contributed by atoms with E-state index >= 15 is 0 Å². The number of aromatic carboxylic acids is 1. The molecular weight excluding hydrogens is 430 g/mol. The van der Waals surface area contributed by atoms with Crippen LogP contribution in [0.5, 0.6) is 11.5 Å². The molecule has 0 aromatic heterocycles. The van der Waals surface area contributed by atoms with Gasteiger partial charge in [0.15, 0.2) is 0 Å². The molecule has 1 amide bonds. The Hall–Kier alpha value is -3.68. The third kappa shape index (κ3) is 6.43. The maximum atomic E-state index is 12.6. The summed E-state index contributed by atoms with van der Waals surface area (Å²) in [6.07, 6.45) is 0. The number of ether oxygens (including phenoxy) is 1. The lowest BCUT2D eigenvalue weighted by Gasteiger charge is -2.39. The third-order valence-corrected chi connectivity index (χ3v) is 5.92. The Labute approximate surface area is 199 Å². The molecule has 34 heavy (non-hydrogen) atoms. The Morgan fingerprint density at radius 1 is 0.941 bits per heavy atom. The van der Waals surface area contributed by atoms with Crippen molar-refractivity contribution in [3.63, 3.8) is 0 Å². The standard InChI is InChI=1S/C27H29N3O4/c1-20-17-29(15-16-30(20)18-21-7-9-22(10-8-21)27(32)33)19-26(31)28-23-11-13-25(14-12-23)34-24-5-3-2-4-6-24/h2-14,20H,15-19H2,1H3,(H,28,31)(H,32,33). The van der Waals surface area contributed by atoms with Crippen molar-refractivity contribution in [3.05, 3.63) is 90.0 Å². The van der Waals surface area contributed by atoms with Gasteiger partial charge in [-0.1, -0.05) is 30.3 Å². The van der Waals surface area contributed by atoms with Crippen molar-refractivity contribution in [2.24, 2.45) is 0 Å². The number of piperazine rings is 1. The second kappa shape index (κ2) is 11.0. The maximum absolute atomic E-state index is 12.6. The maximum Gasteiger partial charge on any atom is 0.335 e. The molecule has 3 aromatic rings. The van der Waals surface area contributed by atoms with Crippen molar-refractivity contribution in [1.29, 1.82) is 0 Å². The van der Waals surface area contributed by atoms with Crippen molar-refractivity contribution in [1.82, 2.24) is 9.80 Å². The number of para-hydroxylation sites is 1. The van der Waals surface area contributed by atoms with Crippen LogP contribution in [0.1, 0.15) is 22.8 Å². The van der Waals surface area contributed by atoms with E-state index < -0.39 is 5.97 Å². The van der Waals surface area contributed by atoms with Gasteiger partial charge in [-0.15, -0.1) is 0 Å². The normalized spacial score (nSPS) is 16.7. The highest BCUT2D eigenvalue weighted by Crippen LogP contribution is 2.22. The van der Waals surface area contributed by atoms with Gasteiger partial charge in [0.1, 0.15) is 11.5 Å². The number of hydrogen-bond donors (Lipinski definition) is 2. The highest BCUT2D eigenvalue weighted by atomic mass is 16.5. The van der Waals surface area contributed by atoms with E-state index in [1.165, 1.54) is 0 Å². The molecule has 0 radical (unpaired) electrons. The number of amides is 1. The first-order chi connectivity index (χ1) is 16.5. The largest absolute Gasteiger partial charge is 0.478 e. The van der Waals surface area contributed by atoms with Crippen molar-refractivity contribution in [2.45, 2.75) is 19.5 Å². The Morgan fingerprint density at radius 2 is 1.62 bits per heavy atom. The molecule has 1 heterocycles. The fourth-order valence-electron chi connectivity index (χ4n) is 4.07. The van der Waals surface area contributed by atoms with Crippen LogP contribution < -0.4 is 10.1 Å². The summed E-state index contributed by atoms with van der Waals surface area (Å²) in [5.74, 6) is 0.529. The van der Waals surface area contributed by atoms with Gasteiger partial charge in [0.05, 0.1) is 12.1 Å². The van der Waals surface area contributed by atoms with Crippen LogP contribution in [0.15, 0.2) is 78.9 Å². The van der Waals surface area contributed by atoms with Crippen LogP contribution in [0.25, 0.3) is 0 Å². The molecule has 1 unspecified atom stereocenters. The van der Waals surface area contributed by atoms with Gasteiger partial charge in [0, 0.05) is 37.9 Å². The fraction of sp³-hybridized carbons (Fsp3) is 0.259. The highest BCUT2D eigenvalue weighted by molar-refractivity contribution is 5.92. The molecule has 1 aliphatic heterocycles. The highest BCUT2D eigenvalue weighted by Gasteiger charge is 2.25. The Morgan fingerprint density at radius 3 is 2.26 bits per heavy atom. The van der Waals surface area contributed by atoms with Crippen LogP contribution in [0.2, 0.25) is 0 Å². The molecule has 0 aliphatic carbocycles. The van der Waals surface area contributed by atoms with E-state index in [0.29, 0.717) is 17.9 Å². The van der Waals surface area contributed by atoms with Gasteiger partial charge in [0.2, 0.25) is 5.91 Å². The number of nitrogens with zero attached hydrogens (tertiary/aromatic N) is 2. The molecule has 0 spiro atoms. The minimum Gasteiger partial charge on any atom is -0.478 e. The number of anilines is 1.